The maximum atomic E-state index is 13.6. The number of hydrogen-bond donors (Lipinski definition) is 2. The zero-order valence-corrected chi connectivity index (χ0v) is 11.1. The van der Waals surface area contributed by atoms with Gasteiger partial charge in [-0.1, -0.05) is 31.0 Å². The molecular formula is C15H20FNO2. The van der Waals surface area contributed by atoms with E-state index in [1.807, 2.05) is 0 Å². The molecule has 1 fully saturated rings. The Balaban J connectivity index is 2.01. The van der Waals surface area contributed by atoms with E-state index in [-0.39, 0.29) is 17.8 Å². The van der Waals surface area contributed by atoms with Gasteiger partial charge in [0.25, 0.3) is 0 Å². The Morgan fingerprint density at radius 1 is 1.37 bits per heavy atom. The molecule has 0 radical (unpaired) electrons. The number of aliphatic hydroxyl groups excluding tert-OH is 1. The molecule has 104 valence electrons. The number of carbonyl (C=O) groups is 1. The number of halogens is 1. The quantitative estimate of drug-likeness (QED) is 0.881. The number of nitrogens with one attached hydrogen (secondary N) is 1. The van der Waals surface area contributed by atoms with Crippen molar-refractivity contribution in [2.75, 3.05) is 0 Å². The highest BCUT2D eigenvalue weighted by Crippen LogP contribution is 2.22. The van der Waals surface area contributed by atoms with Crippen LogP contribution < -0.4 is 5.32 Å². The van der Waals surface area contributed by atoms with E-state index in [9.17, 15) is 14.3 Å². The molecule has 0 heterocycles. The van der Waals surface area contributed by atoms with E-state index in [4.69, 9.17) is 0 Å². The Bertz CT molecular complexity index is 450. The van der Waals surface area contributed by atoms with E-state index in [0.717, 1.165) is 25.7 Å². The average Bonchev–Trinajstić information content (AvgIpc) is 2.41. The second-order valence-corrected chi connectivity index (χ2v) is 5.21. The summed E-state index contributed by atoms with van der Waals surface area (Å²) in [6.45, 7) is 1.68. The number of aliphatic hydroxyl groups is 1. The minimum atomic E-state index is -0.546. The number of carbonyl (C=O) groups excluding carboxylic acids is 1. The second kappa shape index (κ2) is 6.15. The maximum Gasteiger partial charge on any atom is 0.227 e. The lowest BCUT2D eigenvalue weighted by Crippen LogP contribution is -2.46. The Hall–Kier alpha value is -1.42. The molecule has 4 heteroatoms. The molecule has 2 N–H and O–H groups in total. The molecular weight excluding hydrogens is 245 g/mol. The van der Waals surface area contributed by atoms with E-state index in [0.29, 0.717) is 5.56 Å². The zero-order valence-electron chi connectivity index (χ0n) is 11.1. The van der Waals surface area contributed by atoms with Crippen molar-refractivity contribution in [3.8, 4) is 0 Å². The summed E-state index contributed by atoms with van der Waals surface area (Å²) in [6, 6.07) is 6.10. The summed E-state index contributed by atoms with van der Waals surface area (Å²) >= 11 is 0. The fourth-order valence-corrected chi connectivity index (χ4v) is 2.55. The monoisotopic (exact) mass is 265 g/mol. The van der Waals surface area contributed by atoms with E-state index < -0.39 is 12.0 Å². The van der Waals surface area contributed by atoms with E-state index in [1.165, 1.54) is 6.07 Å². The van der Waals surface area contributed by atoms with Gasteiger partial charge in [0.2, 0.25) is 5.91 Å². The lowest BCUT2D eigenvalue weighted by atomic mass is 9.91. The fourth-order valence-electron chi connectivity index (χ4n) is 2.55. The minimum absolute atomic E-state index is 0.199. The molecule has 1 aliphatic carbocycles. The van der Waals surface area contributed by atoms with Crippen molar-refractivity contribution in [2.24, 2.45) is 0 Å². The second-order valence-electron chi connectivity index (χ2n) is 5.21. The number of benzene rings is 1. The van der Waals surface area contributed by atoms with Gasteiger partial charge in [0.15, 0.2) is 0 Å². The van der Waals surface area contributed by atoms with Crippen LogP contribution in [0.15, 0.2) is 24.3 Å². The van der Waals surface area contributed by atoms with Crippen molar-refractivity contribution in [1.82, 2.24) is 5.32 Å². The molecule has 19 heavy (non-hydrogen) atoms. The van der Waals surface area contributed by atoms with Gasteiger partial charge >= 0.3 is 0 Å². The van der Waals surface area contributed by atoms with Crippen molar-refractivity contribution in [2.45, 2.75) is 50.7 Å². The molecule has 3 atom stereocenters. The van der Waals surface area contributed by atoms with Gasteiger partial charge in [-0.2, -0.15) is 0 Å². The van der Waals surface area contributed by atoms with Gasteiger partial charge in [-0.3, -0.25) is 4.79 Å². The minimum Gasteiger partial charge on any atom is -0.391 e. The highest BCUT2D eigenvalue weighted by molar-refractivity contribution is 5.83. The van der Waals surface area contributed by atoms with Crippen molar-refractivity contribution in [1.29, 1.82) is 0 Å². The molecule has 1 aliphatic rings. The normalized spacial score (nSPS) is 24.8. The first kappa shape index (κ1) is 14.0. The van der Waals surface area contributed by atoms with Gasteiger partial charge < -0.3 is 10.4 Å². The van der Waals surface area contributed by atoms with Crippen LogP contribution in [0.1, 0.15) is 44.1 Å². The summed E-state index contributed by atoms with van der Waals surface area (Å²) in [4.78, 5) is 12.1. The van der Waals surface area contributed by atoms with Crippen molar-refractivity contribution < 1.29 is 14.3 Å². The average molecular weight is 265 g/mol. The first-order valence-electron chi connectivity index (χ1n) is 6.82. The first-order valence-corrected chi connectivity index (χ1v) is 6.82. The molecule has 1 aromatic rings. The molecule has 2 rings (SSSR count). The molecule has 3 unspecified atom stereocenters. The lowest BCUT2D eigenvalue weighted by Gasteiger charge is -2.29. The van der Waals surface area contributed by atoms with Crippen LogP contribution in [-0.4, -0.2) is 23.2 Å². The largest absolute Gasteiger partial charge is 0.391 e. The number of rotatable bonds is 3. The summed E-state index contributed by atoms with van der Waals surface area (Å²) in [7, 11) is 0. The van der Waals surface area contributed by atoms with Gasteiger partial charge in [-0.25, -0.2) is 4.39 Å². The van der Waals surface area contributed by atoms with Crippen LogP contribution in [0.4, 0.5) is 4.39 Å². The Kier molecular flexibility index (Phi) is 4.53. The predicted molar refractivity (Wildman–Crippen MR) is 71.2 cm³/mol. The third kappa shape index (κ3) is 3.32. The molecule has 0 aliphatic heterocycles. The van der Waals surface area contributed by atoms with E-state index in [1.54, 1.807) is 25.1 Å². The molecule has 1 aromatic carbocycles. The molecule has 0 saturated heterocycles. The number of hydrogen-bond acceptors (Lipinski definition) is 2. The first-order chi connectivity index (χ1) is 9.09. The standard InChI is InChI=1S/C15H20FNO2/c1-10(11-6-2-3-7-12(11)16)15(19)17-13-8-4-5-9-14(13)18/h2-3,6-7,10,13-14,18H,4-5,8-9H2,1H3,(H,17,19). The summed E-state index contributed by atoms with van der Waals surface area (Å²) in [5.41, 5.74) is 0.394. The van der Waals surface area contributed by atoms with Crippen LogP contribution in [-0.2, 0) is 4.79 Å². The van der Waals surface area contributed by atoms with Crippen LogP contribution in [0.2, 0.25) is 0 Å². The fraction of sp³-hybridized carbons (Fsp3) is 0.533. The molecule has 0 spiro atoms. The Labute approximate surface area is 112 Å². The Morgan fingerprint density at radius 2 is 2.05 bits per heavy atom. The predicted octanol–water partition coefficient (Wildman–Crippen LogP) is 2.35. The van der Waals surface area contributed by atoms with Crippen LogP contribution in [0.25, 0.3) is 0 Å². The highest BCUT2D eigenvalue weighted by Gasteiger charge is 2.27. The number of amides is 1. The van der Waals surface area contributed by atoms with Crippen molar-refractivity contribution >= 4 is 5.91 Å². The summed E-state index contributed by atoms with van der Waals surface area (Å²) in [5.74, 6) is -1.14. The lowest BCUT2D eigenvalue weighted by molar-refractivity contribution is -0.124. The van der Waals surface area contributed by atoms with Gasteiger partial charge in [-0.15, -0.1) is 0 Å². The van der Waals surface area contributed by atoms with Gasteiger partial charge in [0.1, 0.15) is 5.82 Å². The van der Waals surface area contributed by atoms with Gasteiger partial charge in [0, 0.05) is 0 Å². The Morgan fingerprint density at radius 3 is 2.74 bits per heavy atom. The van der Waals surface area contributed by atoms with E-state index >= 15 is 0 Å². The highest BCUT2D eigenvalue weighted by atomic mass is 19.1. The van der Waals surface area contributed by atoms with E-state index in [2.05, 4.69) is 5.32 Å². The van der Waals surface area contributed by atoms with Crippen molar-refractivity contribution in [3.05, 3.63) is 35.6 Å². The third-order valence-corrected chi connectivity index (χ3v) is 3.82. The third-order valence-electron chi connectivity index (χ3n) is 3.82. The SMILES string of the molecule is CC(C(=O)NC1CCCCC1O)c1ccccc1F. The summed E-state index contributed by atoms with van der Waals surface area (Å²) in [5, 5.41) is 12.7. The van der Waals surface area contributed by atoms with Crippen LogP contribution in [0.5, 0.6) is 0 Å². The van der Waals surface area contributed by atoms with Gasteiger partial charge in [0.05, 0.1) is 18.1 Å². The van der Waals surface area contributed by atoms with Crippen molar-refractivity contribution in [3.63, 3.8) is 0 Å². The van der Waals surface area contributed by atoms with Crippen LogP contribution in [0.3, 0.4) is 0 Å². The molecule has 1 saturated carbocycles. The topological polar surface area (TPSA) is 49.3 Å². The maximum absolute atomic E-state index is 13.6. The molecule has 0 aromatic heterocycles. The van der Waals surface area contributed by atoms with Gasteiger partial charge in [-0.05, 0) is 31.4 Å². The molecule has 3 nitrogen and oxygen atoms in total. The summed E-state index contributed by atoms with van der Waals surface area (Å²) in [6.07, 6.45) is 3.04. The van der Waals surface area contributed by atoms with Crippen LogP contribution >= 0.6 is 0 Å². The molecule has 0 bridgehead atoms. The molecule has 1 amide bonds. The van der Waals surface area contributed by atoms with Crippen LogP contribution in [0, 0.1) is 5.82 Å². The smallest absolute Gasteiger partial charge is 0.227 e. The zero-order chi connectivity index (χ0) is 13.8. The summed E-state index contributed by atoms with van der Waals surface area (Å²) < 4.78 is 13.6.